The topological polar surface area (TPSA) is 71.3 Å². The Kier molecular flexibility index (Phi) is 5.28. The molecule has 0 fully saturated rings. The maximum absolute atomic E-state index is 10.9. The molecule has 23 heavy (non-hydrogen) atoms. The number of benzene rings is 1. The molecule has 2 rings (SSSR count). The van der Waals surface area contributed by atoms with E-state index in [-0.39, 0.29) is 17.8 Å². The highest BCUT2D eigenvalue weighted by molar-refractivity contribution is 5.45. The monoisotopic (exact) mass is 314 g/mol. The Bertz CT molecular complexity index is 674. The number of aromatic nitrogens is 1. The van der Waals surface area contributed by atoms with E-state index in [4.69, 9.17) is 0 Å². The lowest BCUT2D eigenvalue weighted by Gasteiger charge is -2.31. The highest BCUT2D eigenvalue weighted by atomic mass is 16.6. The molecule has 0 aliphatic heterocycles. The fourth-order valence-electron chi connectivity index (χ4n) is 2.82. The first-order valence-corrected chi connectivity index (χ1v) is 7.50. The van der Waals surface area contributed by atoms with Crippen LogP contribution in [0.15, 0.2) is 42.5 Å². The third-order valence-electron chi connectivity index (χ3n) is 3.80. The molecule has 0 aliphatic rings. The third-order valence-corrected chi connectivity index (χ3v) is 3.80. The van der Waals surface area contributed by atoms with Gasteiger partial charge >= 0.3 is 0 Å². The van der Waals surface area contributed by atoms with Crippen LogP contribution in [-0.4, -0.2) is 34.9 Å². The van der Waals surface area contributed by atoms with Gasteiger partial charge in [-0.2, -0.15) is 0 Å². The Labute approximate surface area is 136 Å². The Morgan fingerprint density at radius 1 is 1.17 bits per heavy atom. The average molecular weight is 314 g/mol. The minimum Gasteiger partial charge on any atom is -0.366 e. The van der Waals surface area contributed by atoms with Crippen LogP contribution in [-0.2, 0) is 0 Å². The first kappa shape index (κ1) is 16.9. The molecule has 0 saturated carbocycles. The lowest BCUT2D eigenvalue weighted by molar-refractivity contribution is -0.385. The van der Waals surface area contributed by atoms with Crippen LogP contribution in [0.25, 0.3) is 0 Å². The van der Waals surface area contributed by atoms with Gasteiger partial charge in [0.15, 0.2) is 0 Å². The number of pyridine rings is 1. The molecule has 0 amide bonds. The molecule has 122 valence electrons. The normalized spacial score (nSPS) is 13.6. The molecule has 1 aromatic heterocycles. The summed E-state index contributed by atoms with van der Waals surface area (Å²) in [5.41, 5.74) is 1.65. The van der Waals surface area contributed by atoms with E-state index in [1.54, 1.807) is 13.0 Å². The van der Waals surface area contributed by atoms with Crippen molar-refractivity contribution in [3.63, 3.8) is 0 Å². The summed E-state index contributed by atoms with van der Waals surface area (Å²) >= 11 is 0. The number of hydrogen-bond acceptors (Lipinski definition) is 5. The van der Waals surface area contributed by atoms with Crippen molar-refractivity contribution >= 4 is 11.5 Å². The minimum absolute atomic E-state index is 0.0374. The van der Waals surface area contributed by atoms with Gasteiger partial charge in [-0.3, -0.25) is 10.1 Å². The molecular formula is C17H22N4O2. The van der Waals surface area contributed by atoms with E-state index < -0.39 is 4.92 Å². The van der Waals surface area contributed by atoms with Gasteiger partial charge in [0, 0.05) is 12.1 Å². The van der Waals surface area contributed by atoms with Crippen LogP contribution < -0.4 is 5.32 Å². The second-order valence-corrected chi connectivity index (χ2v) is 5.81. The number of hydrogen-bond donors (Lipinski definition) is 1. The summed E-state index contributed by atoms with van der Waals surface area (Å²) in [6.07, 6.45) is 0. The van der Waals surface area contributed by atoms with Crippen molar-refractivity contribution in [1.82, 2.24) is 9.88 Å². The van der Waals surface area contributed by atoms with E-state index in [9.17, 15) is 10.1 Å². The quantitative estimate of drug-likeness (QED) is 0.653. The van der Waals surface area contributed by atoms with Crippen molar-refractivity contribution < 1.29 is 4.92 Å². The summed E-state index contributed by atoms with van der Waals surface area (Å²) in [5.74, 6) is 0.642. The largest absolute Gasteiger partial charge is 0.366 e. The van der Waals surface area contributed by atoms with Crippen LogP contribution >= 0.6 is 0 Å². The molecule has 2 aromatic rings. The van der Waals surface area contributed by atoms with Crippen LogP contribution in [0, 0.1) is 17.0 Å². The summed E-state index contributed by atoms with van der Waals surface area (Å²) in [6, 6.07) is 13.6. The fourth-order valence-corrected chi connectivity index (χ4v) is 2.82. The van der Waals surface area contributed by atoms with Gasteiger partial charge in [0.2, 0.25) is 0 Å². The molecular weight excluding hydrogens is 292 g/mol. The van der Waals surface area contributed by atoms with Crippen LogP contribution in [0.4, 0.5) is 11.5 Å². The number of nitrogens with one attached hydrogen (secondary N) is 1. The Balaban J connectivity index is 2.21. The van der Waals surface area contributed by atoms with Crippen LogP contribution in [0.1, 0.15) is 24.2 Å². The molecule has 1 N–H and O–H groups in total. The van der Waals surface area contributed by atoms with Gasteiger partial charge in [-0.15, -0.1) is 0 Å². The standard InChI is InChI=1S/C17H22N4O2/c1-12-15(21(22)23)10-11-16(18-12)19-13(2)17(20(3)4)14-8-6-5-7-9-14/h5-11,13,17H,1-4H3,(H,18,19)/t13-,17+/m0/s1. The molecule has 6 heteroatoms. The van der Waals surface area contributed by atoms with E-state index in [1.165, 1.54) is 11.6 Å². The van der Waals surface area contributed by atoms with Crippen molar-refractivity contribution in [1.29, 1.82) is 0 Å². The molecule has 1 heterocycles. The molecule has 0 bridgehead atoms. The summed E-state index contributed by atoms with van der Waals surface area (Å²) < 4.78 is 0. The van der Waals surface area contributed by atoms with Crippen molar-refractivity contribution in [2.24, 2.45) is 0 Å². The zero-order chi connectivity index (χ0) is 17.0. The van der Waals surface area contributed by atoms with E-state index >= 15 is 0 Å². The molecule has 0 saturated heterocycles. The van der Waals surface area contributed by atoms with Crippen molar-refractivity contribution in [3.8, 4) is 0 Å². The highest BCUT2D eigenvalue weighted by Gasteiger charge is 2.22. The Morgan fingerprint density at radius 2 is 1.83 bits per heavy atom. The molecule has 0 aliphatic carbocycles. The van der Waals surface area contributed by atoms with Crippen molar-refractivity contribution in [2.45, 2.75) is 25.9 Å². The molecule has 0 radical (unpaired) electrons. The maximum Gasteiger partial charge on any atom is 0.290 e. The zero-order valence-corrected chi connectivity index (χ0v) is 13.9. The summed E-state index contributed by atoms with van der Waals surface area (Å²) in [6.45, 7) is 3.73. The van der Waals surface area contributed by atoms with Crippen molar-refractivity contribution in [2.75, 3.05) is 19.4 Å². The number of aryl methyl sites for hydroxylation is 1. The molecule has 6 nitrogen and oxygen atoms in total. The second-order valence-electron chi connectivity index (χ2n) is 5.81. The number of likely N-dealkylation sites (N-methyl/N-ethyl adjacent to an activating group) is 1. The highest BCUT2D eigenvalue weighted by Crippen LogP contribution is 2.25. The van der Waals surface area contributed by atoms with Gasteiger partial charge in [0.1, 0.15) is 11.5 Å². The van der Waals surface area contributed by atoms with Gasteiger partial charge in [-0.25, -0.2) is 4.98 Å². The average Bonchev–Trinajstić information content (AvgIpc) is 2.47. The molecule has 0 spiro atoms. The van der Waals surface area contributed by atoms with Gasteiger partial charge in [0.25, 0.3) is 5.69 Å². The smallest absolute Gasteiger partial charge is 0.290 e. The minimum atomic E-state index is -0.415. The molecule has 2 atom stereocenters. The lowest BCUT2D eigenvalue weighted by Crippen LogP contribution is -2.34. The van der Waals surface area contributed by atoms with Crippen molar-refractivity contribution in [3.05, 3.63) is 63.8 Å². The number of rotatable bonds is 6. The first-order valence-electron chi connectivity index (χ1n) is 7.50. The Morgan fingerprint density at radius 3 is 2.35 bits per heavy atom. The van der Waals surface area contributed by atoms with Crippen LogP contribution in [0.3, 0.4) is 0 Å². The van der Waals surface area contributed by atoms with Crippen LogP contribution in [0.5, 0.6) is 0 Å². The van der Waals surface area contributed by atoms with E-state index in [0.29, 0.717) is 11.5 Å². The second kappa shape index (κ2) is 7.19. The predicted octanol–water partition coefficient (Wildman–Crippen LogP) is 3.40. The first-order chi connectivity index (χ1) is 10.9. The number of anilines is 1. The van der Waals surface area contributed by atoms with E-state index in [0.717, 1.165) is 0 Å². The third kappa shape index (κ3) is 4.04. The van der Waals surface area contributed by atoms with E-state index in [2.05, 4.69) is 34.3 Å². The number of nitrogens with zero attached hydrogens (tertiary/aromatic N) is 3. The van der Waals surface area contributed by atoms with Gasteiger partial charge in [-0.05, 0) is 39.6 Å². The summed E-state index contributed by atoms with van der Waals surface area (Å²) in [7, 11) is 4.06. The summed E-state index contributed by atoms with van der Waals surface area (Å²) in [4.78, 5) is 16.9. The zero-order valence-electron chi connectivity index (χ0n) is 13.9. The van der Waals surface area contributed by atoms with E-state index in [1.807, 2.05) is 32.3 Å². The summed E-state index contributed by atoms with van der Waals surface area (Å²) in [5, 5.41) is 14.2. The van der Waals surface area contributed by atoms with Gasteiger partial charge in [0.05, 0.1) is 11.0 Å². The molecule has 1 aromatic carbocycles. The maximum atomic E-state index is 10.9. The SMILES string of the molecule is Cc1nc(N[C@@H](C)[C@H](c2ccccc2)N(C)C)ccc1[N+](=O)[O-]. The Hall–Kier alpha value is -2.47. The van der Waals surface area contributed by atoms with Crippen LogP contribution in [0.2, 0.25) is 0 Å². The van der Waals surface area contributed by atoms with Gasteiger partial charge < -0.3 is 10.2 Å². The molecule has 0 unspecified atom stereocenters. The predicted molar refractivity (Wildman–Crippen MR) is 91.6 cm³/mol. The number of nitro groups is 1. The lowest BCUT2D eigenvalue weighted by atomic mass is 9.99. The van der Waals surface area contributed by atoms with Gasteiger partial charge in [-0.1, -0.05) is 30.3 Å². The fraction of sp³-hybridized carbons (Fsp3) is 0.353.